The number of amides is 2. The van der Waals surface area contributed by atoms with Crippen molar-refractivity contribution in [2.75, 3.05) is 0 Å². The van der Waals surface area contributed by atoms with Gasteiger partial charge < -0.3 is 9.14 Å². The van der Waals surface area contributed by atoms with Crippen LogP contribution in [0.2, 0.25) is 0 Å². The number of fused-ring (bicyclic) bond motifs is 2. The number of carbonyl (C=O) groups excluding carboxylic acids is 3. The van der Waals surface area contributed by atoms with Crippen LogP contribution in [0.5, 0.6) is 0 Å². The lowest BCUT2D eigenvalue weighted by atomic mass is 10.0. The van der Waals surface area contributed by atoms with Crippen molar-refractivity contribution < 1.29 is 19.1 Å². The normalized spacial score (nSPS) is 14.5. The van der Waals surface area contributed by atoms with E-state index in [-0.39, 0.29) is 12.5 Å². The first-order chi connectivity index (χ1) is 14.3. The van der Waals surface area contributed by atoms with Crippen molar-refractivity contribution in [1.82, 2.24) is 14.3 Å². The zero-order chi connectivity index (χ0) is 21.4. The number of aromatic nitrogens is 2. The lowest BCUT2D eigenvalue weighted by Gasteiger charge is -2.25. The van der Waals surface area contributed by atoms with Crippen molar-refractivity contribution in [3.63, 3.8) is 0 Å². The number of hydrogen-bond donors (Lipinski definition) is 0. The SMILES string of the molecule is Cc1ccc2nc(COC(=O)C(CC(C)C)N3C(=O)c4ccccc4C3=O)cn2c1. The maximum Gasteiger partial charge on any atom is 0.329 e. The molecule has 4 rings (SSSR count). The van der Waals surface area contributed by atoms with Gasteiger partial charge in [-0.05, 0) is 43.0 Å². The van der Waals surface area contributed by atoms with Crippen molar-refractivity contribution in [2.24, 2.45) is 5.92 Å². The molecule has 0 spiro atoms. The van der Waals surface area contributed by atoms with Gasteiger partial charge in [0, 0.05) is 12.4 Å². The number of imidazole rings is 1. The summed E-state index contributed by atoms with van der Waals surface area (Å²) < 4.78 is 7.37. The molecule has 0 fully saturated rings. The Balaban J connectivity index is 1.54. The molecule has 154 valence electrons. The second-order valence-corrected chi connectivity index (χ2v) is 7.98. The van der Waals surface area contributed by atoms with E-state index in [4.69, 9.17) is 4.74 Å². The molecule has 0 saturated heterocycles. The highest BCUT2D eigenvalue weighted by Gasteiger charge is 2.43. The monoisotopic (exact) mass is 405 g/mol. The Kier molecular flexibility index (Phi) is 5.11. The molecule has 7 nitrogen and oxygen atoms in total. The molecule has 7 heteroatoms. The van der Waals surface area contributed by atoms with Gasteiger partial charge in [0.25, 0.3) is 11.8 Å². The van der Waals surface area contributed by atoms with E-state index in [2.05, 4.69) is 4.98 Å². The molecule has 1 aromatic carbocycles. The first-order valence-electron chi connectivity index (χ1n) is 9.93. The Morgan fingerprint density at radius 3 is 2.33 bits per heavy atom. The first-order valence-corrected chi connectivity index (χ1v) is 9.93. The molecule has 30 heavy (non-hydrogen) atoms. The molecule has 1 aliphatic heterocycles. The van der Waals surface area contributed by atoms with E-state index in [1.165, 1.54) is 0 Å². The fourth-order valence-corrected chi connectivity index (χ4v) is 3.71. The molecular formula is C23H23N3O4. The molecule has 3 aromatic rings. The maximum atomic E-state index is 12.9. The predicted molar refractivity (Wildman–Crippen MR) is 110 cm³/mol. The van der Waals surface area contributed by atoms with Gasteiger partial charge in [0.2, 0.25) is 0 Å². The molecule has 1 unspecified atom stereocenters. The summed E-state index contributed by atoms with van der Waals surface area (Å²) in [6.07, 6.45) is 4.07. The lowest BCUT2D eigenvalue weighted by Crippen LogP contribution is -2.46. The standard InChI is InChI=1S/C23H23N3O4/c1-14(2)10-19(26-21(27)17-6-4-5-7-18(17)22(26)28)23(29)30-13-16-12-25-11-15(3)8-9-20(25)24-16/h4-9,11-12,14,19H,10,13H2,1-3H3. The number of pyridine rings is 1. The van der Waals surface area contributed by atoms with Gasteiger partial charge in [0.1, 0.15) is 18.3 Å². The van der Waals surface area contributed by atoms with Gasteiger partial charge in [-0.25, -0.2) is 9.78 Å². The molecular weight excluding hydrogens is 382 g/mol. The van der Waals surface area contributed by atoms with Crippen LogP contribution < -0.4 is 0 Å². The van der Waals surface area contributed by atoms with Gasteiger partial charge in [-0.3, -0.25) is 14.5 Å². The summed E-state index contributed by atoms with van der Waals surface area (Å²) in [5, 5.41) is 0. The summed E-state index contributed by atoms with van der Waals surface area (Å²) in [7, 11) is 0. The van der Waals surface area contributed by atoms with Crippen molar-refractivity contribution in [3.8, 4) is 0 Å². The summed E-state index contributed by atoms with van der Waals surface area (Å²) in [6.45, 7) is 5.82. The summed E-state index contributed by atoms with van der Waals surface area (Å²) in [5.41, 5.74) is 3.08. The minimum absolute atomic E-state index is 0.0304. The number of hydrogen-bond acceptors (Lipinski definition) is 5. The third-order valence-electron chi connectivity index (χ3n) is 5.12. The summed E-state index contributed by atoms with van der Waals surface area (Å²) in [6, 6.07) is 9.48. The highest BCUT2D eigenvalue weighted by atomic mass is 16.5. The largest absolute Gasteiger partial charge is 0.458 e. The van der Waals surface area contributed by atoms with Crippen molar-refractivity contribution >= 4 is 23.4 Å². The lowest BCUT2D eigenvalue weighted by molar-refractivity contribution is -0.150. The molecule has 1 aliphatic rings. The molecule has 0 aliphatic carbocycles. The molecule has 2 aromatic heterocycles. The Labute approximate surface area is 174 Å². The third kappa shape index (κ3) is 3.58. The van der Waals surface area contributed by atoms with Crippen LogP contribution in [0.25, 0.3) is 5.65 Å². The second kappa shape index (κ2) is 7.74. The summed E-state index contributed by atoms with van der Waals surface area (Å²) in [5.74, 6) is -1.43. The zero-order valence-electron chi connectivity index (χ0n) is 17.2. The molecule has 1 atom stereocenters. The van der Waals surface area contributed by atoms with Gasteiger partial charge in [-0.15, -0.1) is 0 Å². The van der Waals surface area contributed by atoms with E-state index in [0.717, 1.165) is 16.1 Å². The molecule has 2 amide bonds. The topological polar surface area (TPSA) is 81.0 Å². The fourth-order valence-electron chi connectivity index (χ4n) is 3.71. The number of aryl methyl sites for hydroxylation is 1. The Morgan fingerprint density at radius 1 is 1.03 bits per heavy atom. The molecule has 0 saturated carbocycles. The van der Waals surface area contributed by atoms with Crippen molar-refractivity contribution in [1.29, 1.82) is 0 Å². The van der Waals surface area contributed by atoms with E-state index in [0.29, 0.717) is 23.2 Å². The van der Waals surface area contributed by atoms with Crippen LogP contribution >= 0.6 is 0 Å². The van der Waals surface area contributed by atoms with Crippen LogP contribution in [0.1, 0.15) is 52.2 Å². The van der Waals surface area contributed by atoms with Crippen LogP contribution in [0.3, 0.4) is 0 Å². The molecule has 0 N–H and O–H groups in total. The molecule has 3 heterocycles. The number of ether oxygens (including phenoxy) is 1. The predicted octanol–water partition coefficient (Wildman–Crippen LogP) is 3.40. The highest BCUT2D eigenvalue weighted by molar-refractivity contribution is 6.22. The van der Waals surface area contributed by atoms with Crippen LogP contribution in [0.15, 0.2) is 48.8 Å². The number of benzene rings is 1. The number of nitrogens with zero attached hydrogens (tertiary/aromatic N) is 3. The highest BCUT2D eigenvalue weighted by Crippen LogP contribution is 2.27. The third-order valence-corrected chi connectivity index (χ3v) is 5.12. The van der Waals surface area contributed by atoms with Gasteiger partial charge in [-0.2, -0.15) is 0 Å². The number of rotatable bonds is 6. The minimum Gasteiger partial charge on any atom is -0.458 e. The van der Waals surface area contributed by atoms with E-state index in [9.17, 15) is 14.4 Å². The first kappa shape index (κ1) is 19.8. The van der Waals surface area contributed by atoms with Gasteiger partial charge >= 0.3 is 5.97 Å². The summed E-state index contributed by atoms with van der Waals surface area (Å²) >= 11 is 0. The second-order valence-electron chi connectivity index (χ2n) is 7.98. The van der Waals surface area contributed by atoms with E-state index in [1.54, 1.807) is 30.5 Å². The maximum absolute atomic E-state index is 12.9. The van der Waals surface area contributed by atoms with Crippen molar-refractivity contribution in [2.45, 2.75) is 39.8 Å². The summed E-state index contributed by atoms with van der Waals surface area (Å²) in [4.78, 5) is 44.1. The van der Waals surface area contributed by atoms with Gasteiger partial charge in [0.05, 0.1) is 16.8 Å². The number of imide groups is 1. The van der Waals surface area contributed by atoms with Gasteiger partial charge in [-0.1, -0.05) is 32.0 Å². The van der Waals surface area contributed by atoms with Crippen LogP contribution in [-0.2, 0) is 16.1 Å². The smallest absolute Gasteiger partial charge is 0.329 e. The molecule has 0 bridgehead atoms. The Bertz CT molecular complexity index is 1110. The van der Waals surface area contributed by atoms with E-state index < -0.39 is 23.8 Å². The fraction of sp³-hybridized carbons (Fsp3) is 0.304. The van der Waals surface area contributed by atoms with Gasteiger partial charge in [0.15, 0.2) is 0 Å². The zero-order valence-corrected chi connectivity index (χ0v) is 17.2. The van der Waals surface area contributed by atoms with Crippen LogP contribution in [0, 0.1) is 12.8 Å². The number of carbonyl (C=O) groups is 3. The average molecular weight is 405 g/mol. The Hall–Kier alpha value is -3.48. The van der Waals surface area contributed by atoms with Crippen LogP contribution in [0.4, 0.5) is 0 Å². The van der Waals surface area contributed by atoms with Crippen molar-refractivity contribution in [3.05, 3.63) is 71.2 Å². The quantitative estimate of drug-likeness (QED) is 0.464. The van der Waals surface area contributed by atoms with E-state index in [1.807, 2.05) is 43.5 Å². The average Bonchev–Trinajstić information content (AvgIpc) is 3.23. The van der Waals surface area contributed by atoms with E-state index >= 15 is 0 Å². The molecule has 0 radical (unpaired) electrons. The number of esters is 1. The Morgan fingerprint density at radius 2 is 1.70 bits per heavy atom. The van der Waals surface area contributed by atoms with Crippen LogP contribution in [-0.4, -0.2) is 38.1 Å². The minimum atomic E-state index is -0.975.